The van der Waals surface area contributed by atoms with E-state index in [-0.39, 0.29) is 0 Å². The lowest BCUT2D eigenvalue weighted by atomic mass is 9.73. The highest BCUT2D eigenvalue weighted by molar-refractivity contribution is 5.89. The van der Waals surface area contributed by atoms with Crippen molar-refractivity contribution in [3.8, 4) is 11.5 Å². The Balaban J connectivity index is 1.61. The molecule has 0 bridgehead atoms. The van der Waals surface area contributed by atoms with E-state index >= 15 is 0 Å². The molecule has 10 heteroatoms. The molecule has 5 rings (SSSR count). The number of benzene rings is 3. The molecule has 2 aliphatic heterocycles. The maximum absolute atomic E-state index is 12.7. The first-order valence-electron chi connectivity index (χ1n) is 14.6. The number of carbonyl (C=O) groups is 2. The van der Waals surface area contributed by atoms with Gasteiger partial charge in [0.2, 0.25) is 0 Å². The zero-order chi connectivity index (χ0) is 31.9. The molecule has 0 aromatic heterocycles. The molecule has 1 fully saturated rings. The van der Waals surface area contributed by atoms with Crippen LogP contribution >= 0.6 is 0 Å². The van der Waals surface area contributed by atoms with Gasteiger partial charge in [-0.2, -0.15) is 0 Å². The Kier molecular flexibility index (Phi) is 8.15. The summed E-state index contributed by atoms with van der Waals surface area (Å²) in [5, 5.41) is 5.72. The van der Waals surface area contributed by atoms with Crippen LogP contribution in [0.5, 0.6) is 11.5 Å². The van der Waals surface area contributed by atoms with Gasteiger partial charge in [0.15, 0.2) is 0 Å². The first kappa shape index (κ1) is 31.0. The van der Waals surface area contributed by atoms with Gasteiger partial charge in [-0.25, -0.2) is 9.59 Å². The summed E-state index contributed by atoms with van der Waals surface area (Å²) in [5.41, 5.74) is 2.73. The van der Waals surface area contributed by atoms with E-state index in [1.165, 1.54) is 0 Å². The second kappa shape index (κ2) is 11.6. The Morgan fingerprint density at radius 2 is 1.34 bits per heavy atom. The minimum Gasteiger partial charge on any atom is -0.496 e. The van der Waals surface area contributed by atoms with Crippen LogP contribution in [-0.4, -0.2) is 50.4 Å². The number of methoxy groups -OCH3 is 2. The van der Waals surface area contributed by atoms with E-state index in [2.05, 4.69) is 21.6 Å². The van der Waals surface area contributed by atoms with Crippen LogP contribution in [0.4, 0.5) is 32.3 Å². The topological polar surface area (TPSA) is 108 Å². The molecule has 1 saturated heterocycles. The monoisotopic (exact) mass is 603 g/mol. The highest BCUT2D eigenvalue weighted by Gasteiger charge is 2.58. The van der Waals surface area contributed by atoms with Crippen molar-refractivity contribution in [2.24, 2.45) is 0 Å². The molecular weight excluding hydrogens is 562 g/mol. The third-order valence-electron chi connectivity index (χ3n) is 7.48. The van der Waals surface area contributed by atoms with E-state index in [4.69, 9.17) is 23.7 Å². The highest BCUT2D eigenvalue weighted by atomic mass is 16.6. The number of ether oxygens (including phenoxy) is 5. The average molecular weight is 604 g/mol. The molecule has 2 amide bonds. The first-order chi connectivity index (χ1) is 20.8. The van der Waals surface area contributed by atoms with Crippen molar-refractivity contribution in [3.05, 3.63) is 71.8 Å². The second-order valence-corrected chi connectivity index (χ2v) is 12.9. The fourth-order valence-electron chi connectivity index (χ4n) is 5.95. The van der Waals surface area contributed by atoms with E-state index in [1.54, 1.807) is 26.4 Å². The molecule has 3 aromatic carbocycles. The van der Waals surface area contributed by atoms with E-state index in [0.717, 1.165) is 16.8 Å². The largest absolute Gasteiger partial charge is 0.496 e. The Morgan fingerprint density at radius 1 is 0.773 bits per heavy atom. The van der Waals surface area contributed by atoms with E-state index in [0.29, 0.717) is 41.6 Å². The van der Waals surface area contributed by atoms with Gasteiger partial charge in [0, 0.05) is 22.6 Å². The van der Waals surface area contributed by atoms with Crippen LogP contribution in [0.15, 0.2) is 60.7 Å². The Morgan fingerprint density at radius 3 is 1.93 bits per heavy atom. The molecule has 2 N–H and O–H groups in total. The summed E-state index contributed by atoms with van der Waals surface area (Å²) in [4.78, 5) is 27.4. The van der Waals surface area contributed by atoms with Crippen LogP contribution in [-0.2, 0) is 19.6 Å². The standard InChI is InChI=1S/C34H41N3O7/c1-32(2,3)43-30(38)35-21-13-15-27(40-7)24(19-21)34-17-18-42-29(34)37(25-12-10-9-11-23(25)34)26-20-22(14-16-28(26)41-8)36-31(39)44-33(4,5)6/h9-16,19-20,29H,17-18H2,1-8H3,(H,35,38)(H,36,39)/t29-,34-/m1/s1. The van der Waals surface area contributed by atoms with E-state index in [1.807, 2.05) is 84.0 Å². The second-order valence-electron chi connectivity index (χ2n) is 12.9. The van der Waals surface area contributed by atoms with Gasteiger partial charge in [-0.1, -0.05) is 18.2 Å². The van der Waals surface area contributed by atoms with Crippen LogP contribution in [0.2, 0.25) is 0 Å². The summed E-state index contributed by atoms with van der Waals surface area (Å²) in [6.45, 7) is 11.4. The lowest BCUT2D eigenvalue weighted by Gasteiger charge is -2.34. The summed E-state index contributed by atoms with van der Waals surface area (Å²) in [5.74, 6) is 1.27. The van der Waals surface area contributed by atoms with Gasteiger partial charge in [0.05, 0.1) is 31.9 Å². The lowest BCUT2D eigenvalue weighted by Crippen LogP contribution is -2.41. The van der Waals surface area contributed by atoms with Crippen LogP contribution in [0, 0.1) is 0 Å². The predicted molar refractivity (Wildman–Crippen MR) is 169 cm³/mol. The fraction of sp³-hybridized carbons (Fsp3) is 0.412. The lowest BCUT2D eigenvalue weighted by molar-refractivity contribution is 0.0624. The molecule has 10 nitrogen and oxygen atoms in total. The van der Waals surface area contributed by atoms with E-state index in [9.17, 15) is 9.59 Å². The number of rotatable bonds is 6. The molecule has 0 radical (unpaired) electrons. The summed E-state index contributed by atoms with van der Waals surface area (Å²) in [7, 11) is 3.24. The average Bonchev–Trinajstić information content (AvgIpc) is 3.47. The van der Waals surface area contributed by atoms with Crippen molar-refractivity contribution in [1.29, 1.82) is 0 Å². The number of anilines is 4. The van der Waals surface area contributed by atoms with Crippen LogP contribution < -0.4 is 25.0 Å². The fourth-order valence-corrected chi connectivity index (χ4v) is 5.95. The zero-order valence-corrected chi connectivity index (χ0v) is 26.6. The molecule has 234 valence electrons. The van der Waals surface area contributed by atoms with Gasteiger partial charge in [-0.3, -0.25) is 10.6 Å². The van der Waals surface area contributed by atoms with Crippen LogP contribution in [0.1, 0.15) is 59.1 Å². The summed E-state index contributed by atoms with van der Waals surface area (Å²) >= 11 is 0. The number of fused-ring (bicyclic) bond motifs is 3. The maximum Gasteiger partial charge on any atom is 0.412 e. The summed E-state index contributed by atoms with van der Waals surface area (Å²) in [6.07, 6.45) is -0.926. The molecule has 0 saturated carbocycles. The molecule has 0 aliphatic carbocycles. The Hall–Kier alpha value is -4.44. The normalized spacial score (nSPS) is 19.1. The van der Waals surface area contributed by atoms with Crippen molar-refractivity contribution < 1.29 is 33.3 Å². The maximum atomic E-state index is 12.7. The number of para-hydroxylation sites is 1. The summed E-state index contributed by atoms with van der Waals surface area (Å²) in [6, 6.07) is 19.1. The zero-order valence-electron chi connectivity index (χ0n) is 26.6. The number of hydrogen-bond donors (Lipinski definition) is 2. The minimum absolute atomic E-state index is 0.487. The van der Waals surface area contributed by atoms with Crippen LogP contribution in [0.25, 0.3) is 0 Å². The van der Waals surface area contributed by atoms with Gasteiger partial charge in [-0.05, 0) is 96.0 Å². The van der Waals surface area contributed by atoms with Crippen molar-refractivity contribution in [2.75, 3.05) is 36.4 Å². The molecule has 0 spiro atoms. The summed E-state index contributed by atoms with van der Waals surface area (Å²) < 4.78 is 29.3. The smallest absolute Gasteiger partial charge is 0.412 e. The third-order valence-corrected chi connectivity index (χ3v) is 7.48. The first-order valence-corrected chi connectivity index (χ1v) is 14.6. The van der Waals surface area contributed by atoms with Gasteiger partial charge < -0.3 is 28.6 Å². The molecule has 2 aliphatic rings. The number of carbonyl (C=O) groups excluding carboxylic acids is 2. The molecular formula is C34H41N3O7. The minimum atomic E-state index is -0.660. The molecule has 0 unspecified atom stereocenters. The number of amides is 2. The SMILES string of the molecule is COc1ccc(NC(=O)OC(C)(C)C)cc1N1c2ccccc2[C@@]2(c3cc(NC(=O)OC(C)(C)C)ccc3OC)CCO[C@@H]12. The predicted octanol–water partition coefficient (Wildman–Crippen LogP) is 7.58. The molecule has 2 heterocycles. The quantitative estimate of drug-likeness (QED) is 0.297. The number of hydrogen-bond acceptors (Lipinski definition) is 8. The van der Waals surface area contributed by atoms with Crippen LogP contribution in [0.3, 0.4) is 0 Å². The number of nitrogens with zero attached hydrogens (tertiary/aromatic N) is 1. The van der Waals surface area contributed by atoms with Crippen molar-refractivity contribution in [3.63, 3.8) is 0 Å². The van der Waals surface area contributed by atoms with Gasteiger partial charge in [0.25, 0.3) is 0 Å². The van der Waals surface area contributed by atoms with Gasteiger partial charge in [-0.15, -0.1) is 0 Å². The Labute approximate surface area is 258 Å². The molecule has 3 aromatic rings. The van der Waals surface area contributed by atoms with Crippen molar-refractivity contribution in [2.45, 2.75) is 70.8 Å². The molecule has 44 heavy (non-hydrogen) atoms. The van der Waals surface area contributed by atoms with E-state index < -0.39 is 35.0 Å². The third kappa shape index (κ3) is 5.99. The highest BCUT2D eigenvalue weighted by Crippen LogP contribution is 2.60. The van der Waals surface area contributed by atoms with Gasteiger partial charge >= 0.3 is 12.2 Å². The molecule has 2 atom stereocenters. The van der Waals surface area contributed by atoms with Crippen molar-refractivity contribution >= 4 is 34.9 Å². The van der Waals surface area contributed by atoms with Crippen molar-refractivity contribution in [1.82, 2.24) is 0 Å². The Bertz CT molecular complexity index is 1560. The van der Waals surface area contributed by atoms with Gasteiger partial charge in [0.1, 0.15) is 28.9 Å². The number of nitrogens with one attached hydrogen (secondary N) is 2.